The van der Waals surface area contributed by atoms with E-state index in [1.807, 2.05) is 0 Å². The Morgan fingerprint density at radius 3 is 1.52 bits per heavy atom. The van der Waals surface area contributed by atoms with Crippen LogP contribution in [0.25, 0.3) is 0 Å². The maximum absolute atomic E-state index is 12.7. The van der Waals surface area contributed by atoms with Crippen molar-refractivity contribution in [2.24, 2.45) is 5.41 Å². The monoisotopic (exact) mass is 295 g/mol. The first-order valence-corrected chi connectivity index (χ1v) is 7.68. The smallest absolute Gasteiger partial charge is 0.237 e. The normalized spacial score (nSPS) is 19.9. The third kappa shape index (κ3) is 3.19. The average Bonchev–Trinajstić information content (AvgIpc) is 2.99. The number of rotatable bonds is 2. The van der Waals surface area contributed by atoms with Crippen molar-refractivity contribution in [3.05, 3.63) is 0 Å². The highest BCUT2D eigenvalue weighted by molar-refractivity contribution is 6.04. The van der Waals surface area contributed by atoms with E-state index in [0.717, 1.165) is 25.9 Å². The Hall–Kier alpha value is -1.59. The summed E-state index contributed by atoms with van der Waals surface area (Å²) >= 11 is 0. The highest BCUT2D eigenvalue weighted by atomic mass is 16.2. The second-order valence-corrected chi connectivity index (χ2v) is 6.42. The first kappa shape index (κ1) is 15.8. The van der Waals surface area contributed by atoms with E-state index in [9.17, 15) is 14.4 Å². The summed E-state index contributed by atoms with van der Waals surface area (Å²) in [5, 5.41) is 0. The van der Waals surface area contributed by atoms with Crippen LogP contribution in [0.4, 0.5) is 0 Å². The molecule has 0 aromatic carbocycles. The van der Waals surface area contributed by atoms with Crippen LogP contribution in [0.3, 0.4) is 0 Å². The van der Waals surface area contributed by atoms with E-state index in [2.05, 4.69) is 0 Å². The number of piperazine rings is 1. The van der Waals surface area contributed by atoms with E-state index in [1.165, 1.54) is 6.92 Å². The van der Waals surface area contributed by atoms with Crippen LogP contribution in [0.2, 0.25) is 0 Å². The lowest BCUT2D eigenvalue weighted by Crippen LogP contribution is -2.56. The van der Waals surface area contributed by atoms with Gasteiger partial charge >= 0.3 is 0 Å². The highest BCUT2D eigenvalue weighted by Crippen LogP contribution is 2.25. The molecule has 0 aromatic heterocycles. The van der Waals surface area contributed by atoms with Gasteiger partial charge < -0.3 is 14.7 Å². The van der Waals surface area contributed by atoms with Crippen LogP contribution < -0.4 is 0 Å². The van der Waals surface area contributed by atoms with Gasteiger partial charge in [0.15, 0.2) is 0 Å². The number of hydrogen-bond donors (Lipinski definition) is 0. The maximum atomic E-state index is 12.7. The molecule has 0 N–H and O–H groups in total. The molecule has 21 heavy (non-hydrogen) atoms. The minimum absolute atomic E-state index is 0.0366. The van der Waals surface area contributed by atoms with E-state index in [4.69, 9.17) is 0 Å². The highest BCUT2D eigenvalue weighted by Gasteiger charge is 2.42. The minimum Gasteiger partial charge on any atom is -0.342 e. The van der Waals surface area contributed by atoms with Gasteiger partial charge in [0.25, 0.3) is 0 Å². The molecule has 118 valence electrons. The lowest BCUT2D eigenvalue weighted by molar-refractivity contribution is -0.155. The van der Waals surface area contributed by atoms with Gasteiger partial charge in [-0.15, -0.1) is 0 Å². The third-order valence-corrected chi connectivity index (χ3v) is 4.47. The maximum Gasteiger partial charge on any atom is 0.237 e. The molecular weight excluding hydrogens is 270 g/mol. The average molecular weight is 295 g/mol. The Kier molecular flexibility index (Phi) is 4.54. The van der Waals surface area contributed by atoms with Crippen molar-refractivity contribution in [1.29, 1.82) is 0 Å². The van der Waals surface area contributed by atoms with Crippen molar-refractivity contribution < 1.29 is 14.4 Å². The molecule has 3 amide bonds. The summed E-state index contributed by atoms with van der Waals surface area (Å²) in [6.45, 7) is 8.61. The van der Waals surface area contributed by atoms with Crippen molar-refractivity contribution in [3.8, 4) is 0 Å². The second-order valence-electron chi connectivity index (χ2n) is 6.42. The fraction of sp³-hybridized carbons (Fsp3) is 0.800. The van der Waals surface area contributed by atoms with Crippen molar-refractivity contribution >= 4 is 17.7 Å². The van der Waals surface area contributed by atoms with Gasteiger partial charge in [0.1, 0.15) is 5.41 Å². The first-order valence-electron chi connectivity index (χ1n) is 7.68. The van der Waals surface area contributed by atoms with E-state index >= 15 is 0 Å². The van der Waals surface area contributed by atoms with Gasteiger partial charge in [-0.1, -0.05) is 0 Å². The Balaban J connectivity index is 1.98. The van der Waals surface area contributed by atoms with Gasteiger partial charge in [-0.25, -0.2) is 0 Å². The molecule has 2 aliphatic heterocycles. The zero-order chi connectivity index (χ0) is 15.6. The standard InChI is InChI=1S/C15H25N3O3/c1-12(19)16-8-10-18(11-9-16)14(21)15(2,3)13(20)17-6-4-5-7-17/h4-11H2,1-3H3. The molecule has 0 aromatic rings. The largest absolute Gasteiger partial charge is 0.342 e. The molecule has 0 saturated carbocycles. The van der Waals surface area contributed by atoms with Crippen molar-refractivity contribution in [3.63, 3.8) is 0 Å². The molecule has 6 heteroatoms. The van der Waals surface area contributed by atoms with Gasteiger partial charge in [-0.3, -0.25) is 14.4 Å². The molecule has 2 fully saturated rings. The fourth-order valence-electron chi connectivity index (χ4n) is 3.03. The lowest BCUT2D eigenvalue weighted by atomic mass is 9.89. The minimum atomic E-state index is -1.01. The van der Waals surface area contributed by atoms with E-state index in [0.29, 0.717) is 26.2 Å². The summed E-state index contributed by atoms with van der Waals surface area (Å²) < 4.78 is 0. The van der Waals surface area contributed by atoms with Gasteiger partial charge in [-0.2, -0.15) is 0 Å². The van der Waals surface area contributed by atoms with Crippen molar-refractivity contribution in [2.45, 2.75) is 33.6 Å². The topological polar surface area (TPSA) is 60.9 Å². The molecule has 6 nitrogen and oxygen atoms in total. The van der Waals surface area contributed by atoms with Gasteiger partial charge in [0.05, 0.1) is 0 Å². The molecule has 0 spiro atoms. The van der Waals surface area contributed by atoms with Crippen LogP contribution in [0.15, 0.2) is 0 Å². The number of likely N-dealkylation sites (tertiary alicyclic amines) is 1. The molecule has 2 saturated heterocycles. The number of carbonyl (C=O) groups is 3. The van der Waals surface area contributed by atoms with Crippen LogP contribution in [0.5, 0.6) is 0 Å². The summed E-state index contributed by atoms with van der Waals surface area (Å²) in [4.78, 5) is 41.8. The zero-order valence-electron chi connectivity index (χ0n) is 13.2. The molecule has 2 heterocycles. The van der Waals surface area contributed by atoms with Crippen molar-refractivity contribution in [1.82, 2.24) is 14.7 Å². The Labute approximate surface area is 126 Å². The quantitative estimate of drug-likeness (QED) is 0.690. The second kappa shape index (κ2) is 6.03. The van der Waals surface area contributed by atoms with Crippen LogP contribution in [-0.2, 0) is 14.4 Å². The SMILES string of the molecule is CC(=O)N1CCN(C(=O)C(C)(C)C(=O)N2CCCC2)CC1. The summed E-state index contributed by atoms with van der Waals surface area (Å²) in [7, 11) is 0. The van der Waals surface area contributed by atoms with Crippen LogP contribution in [0.1, 0.15) is 33.6 Å². The Morgan fingerprint density at radius 2 is 1.10 bits per heavy atom. The van der Waals surface area contributed by atoms with Crippen LogP contribution in [-0.4, -0.2) is 71.7 Å². The van der Waals surface area contributed by atoms with E-state index in [-0.39, 0.29) is 17.7 Å². The molecule has 2 rings (SSSR count). The zero-order valence-corrected chi connectivity index (χ0v) is 13.2. The molecule has 0 radical (unpaired) electrons. The van der Waals surface area contributed by atoms with E-state index in [1.54, 1.807) is 28.5 Å². The number of carbonyl (C=O) groups excluding carboxylic acids is 3. The lowest BCUT2D eigenvalue weighted by Gasteiger charge is -2.38. The molecule has 0 atom stereocenters. The first-order chi connectivity index (χ1) is 9.84. The van der Waals surface area contributed by atoms with Gasteiger partial charge in [0.2, 0.25) is 17.7 Å². The number of nitrogens with zero attached hydrogens (tertiary/aromatic N) is 3. The van der Waals surface area contributed by atoms with Crippen molar-refractivity contribution in [2.75, 3.05) is 39.3 Å². The Morgan fingerprint density at radius 1 is 0.714 bits per heavy atom. The molecule has 2 aliphatic rings. The summed E-state index contributed by atoms with van der Waals surface area (Å²) in [5.41, 5.74) is -1.01. The van der Waals surface area contributed by atoms with Gasteiger partial charge in [-0.05, 0) is 26.7 Å². The molecule has 0 unspecified atom stereocenters. The van der Waals surface area contributed by atoms with Gasteiger partial charge in [0, 0.05) is 46.2 Å². The molecular formula is C15H25N3O3. The van der Waals surface area contributed by atoms with E-state index < -0.39 is 5.41 Å². The Bertz CT molecular complexity index is 433. The summed E-state index contributed by atoms with van der Waals surface area (Å²) in [6, 6.07) is 0. The predicted molar refractivity (Wildman–Crippen MR) is 78.4 cm³/mol. The van der Waals surface area contributed by atoms with Crippen LogP contribution >= 0.6 is 0 Å². The predicted octanol–water partition coefficient (Wildman–Crippen LogP) is 0.326. The molecule has 0 bridgehead atoms. The van der Waals surface area contributed by atoms with Crippen LogP contribution in [0, 0.1) is 5.41 Å². The molecule has 0 aliphatic carbocycles. The number of amides is 3. The fourth-order valence-corrected chi connectivity index (χ4v) is 3.03. The third-order valence-electron chi connectivity index (χ3n) is 4.47. The number of hydrogen-bond acceptors (Lipinski definition) is 3. The summed E-state index contributed by atoms with van der Waals surface area (Å²) in [6.07, 6.45) is 2.04. The summed E-state index contributed by atoms with van der Waals surface area (Å²) in [5.74, 6) is -0.156.